The van der Waals surface area contributed by atoms with Crippen molar-refractivity contribution in [1.82, 2.24) is 9.80 Å². The van der Waals surface area contributed by atoms with E-state index in [-0.39, 0.29) is 5.56 Å². The summed E-state index contributed by atoms with van der Waals surface area (Å²) in [6, 6.07) is 4.87. The lowest BCUT2D eigenvalue weighted by Gasteiger charge is -2.16. The van der Waals surface area contributed by atoms with Gasteiger partial charge in [-0.2, -0.15) is 0 Å². The highest BCUT2D eigenvalue weighted by Gasteiger charge is 2.44. The van der Waals surface area contributed by atoms with Crippen LogP contribution in [0.3, 0.4) is 0 Å². The average Bonchev–Trinajstić information content (AvgIpc) is 2.53. The fourth-order valence-electron chi connectivity index (χ4n) is 1.84. The van der Waals surface area contributed by atoms with Crippen LogP contribution in [0.4, 0.5) is 4.79 Å². The maximum absolute atomic E-state index is 12.2. The Bertz CT molecular complexity index is 544. The Labute approximate surface area is 109 Å². The fourth-order valence-corrected chi connectivity index (χ4v) is 2.03. The SMILES string of the molecule is CC1C(=O)N(C)C(=O)N1C(=O)c1cccc(Cl)c1. The molecule has 1 aromatic carbocycles. The molecule has 4 amide bonds. The summed E-state index contributed by atoms with van der Waals surface area (Å²) in [5, 5.41) is 0.403. The Hall–Kier alpha value is -1.88. The molecule has 0 aliphatic carbocycles. The van der Waals surface area contributed by atoms with Crippen molar-refractivity contribution in [3.63, 3.8) is 0 Å². The minimum atomic E-state index is -0.783. The zero-order valence-electron chi connectivity index (χ0n) is 9.88. The number of rotatable bonds is 1. The zero-order valence-corrected chi connectivity index (χ0v) is 10.6. The Morgan fingerprint density at radius 1 is 1.33 bits per heavy atom. The van der Waals surface area contributed by atoms with Crippen molar-refractivity contribution in [2.24, 2.45) is 0 Å². The van der Waals surface area contributed by atoms with E-state index in [1.54, 1.807) is 18.2 Å². The van der Waals surface area contributed by atoms with Crippen LogP contribution < -0.4 is 0 Å². The Morgan fingerprint density at radius 3 is 2.50 bits per heavy atom. The van der Waals surface area contributed by atoms with Crippen molar-refractivity contribution in [1.29, 1.82) is 0 Å². The van der Waals surface area contributed by atoms with Gasteiger partial charge >= 0.3 is 6.03 Å². The van der Waals surface area contributed by atoms with E-state index in [9.17, 15) is 14.4 Å². The molecule has 0 radical (unpaired) electrons. The molecule has 18 heavy (non-hydrogen) atoms. The summed E-state index contributed by atoms with van der Waals surface area (Å²) < 4.78 is 0. The molecular weight excluding hydrogens is 256 g/mol. The number of hydrogen-bond acceptors (Lipinski definition) is 3. The summed E-state index contributed by atoms with van der Waals surface area (Å²) in [4.78, 5) is 37.5. The van der Waals surface area contributed by atoms with E-state index in [0.29, 0.717) is 5.02 Å². The van der Waals surface area contributed by atoms with Crippen molar-refractivity contribution in [3.8, 4) is 0 Å². The van der Waals surface area contributed by atoms with Crippen LogP contribution in [-0.4, -0.2) is 40.7 Å². The van der Waals surface area contributed by atoms with E-state index in [0.717, 1.165) is 9.80 Å². The molecule has 1 aromatic rings. The van der Waals surface area contributed by atoms with Crippen LogP contribution in [-0.2, 0) is 4.79 Å². The average molecular weight is 267 g/mol. The van der Waals surface area contributed by atoms with Gasteiger partial charge in [0.2, 0.25) is 0 Å². The number of urea groups is 1. The molecular formula is C12H11ClN2O3. The van der Waals surface area contributed by atoms with E-state index in [4.69, 9.17) is 11.6 Å². The highest BCUT2D eigenvalue weighted by molar-refractivity contribution is 6.31. The molecule has 0 bridgehead atoms. The van der Waals surface area contributed by atoms with E-state index in [2.05, 4.69) is 0 Å². The van der Waals surface area contributed by atoms with E-state index < -0.39 is 23.9 Å². The lowest BCUT2D eigenvalue weighted by Crippen LogP contribution is -2.38. The normalized spacial score (nSPS) is 19.6. The van der Waals surface area contributed by atoms with Crippen molar-refractivity contribution in [2.75, 3.05) is 7.05 Å². The van der Waals surface area contributed by atoms with E-state index in [1.807, 2.05) is 0 Å². The van der Waals surface area contributed by atoms with Crippen LogP contribution in [0.1, 0.15) is 17.3 Å². The first-order valence-electron chi connectivity index (χ1n) is 5.34. The lowest BCUT2D eigenvalue weighted by atomic mass is 10.2. The summed E-state index contributed by atoms with van der Waals surface area (Å²) in [6.07, 6.45) is 0. The lowest BCUT2D eigenvalue weighted by molar-refractivity contribution is -0.126. The van der Waals surface area contributed by atoms with E-state index >= 15 is 0 Å². The van der Waals surface area contributed by atoms with Gasteiger partial charge in [-0.1, -0.05) is 17.7 Å². The molecule has 0 N–H and O–H groups in total. The van der Waals surface area contributed by atoms with Crippen LogP contribution in [0, 0.1) is 0 Å². The molecule has 1 saturated heterocycles. The Morgan fingerprint density at radius 2 is 2.00 bits per heavy atom. The van der Waals surface area contributed by atoms with Gasteiger partial charge < -0.3 is 0 Å². The molecule has 5 nitrogen and oxygen atoms in total. The molecule has 0 aromatic heterocycles. The van der Waals surface area contributed by atoms with Crippen LogP contribution in [0.15, 0.2) is 24.3 Å². The molecule has 1 unspecified atom stereocenters. The van der Waals surface area contributed by atoms with E-state index in [1.165, 1.54) is 20.0 Å². The number of carbonyl (C=O) groups excluding carboxylic acids is 3. The third kappa shape index (κ3) is 1.86. The Balaban J connectivity index is 2.35. The number of halogens is 1. The summed E-state index contributed by atoms with van der Waals surface area (Å²) >= 11 is 5.79. The van der Waals surface area contributed by atoms with Crippen molar-refractivity contribution in [3.05, 3.63) is 34.9 Å². The predicted octanol–water partition coefficient (Wildman–Crippen LogP) is 1.76. The largest absolute Gasteiger partial charge is 0.334 e. The predicted molar refractivity (Wildman–Crippen MR) is 65.2 cm³/mol. The second kappa shape index (κ2) is 4.42. The molecule has 0 spiro atoms. The first-order valence-corrected chi connectivity index (χ1v) is 5.72. The number of carbonyl (C=O) groups is 3. The van der Waals surface area contributed by atoms with Crippen molar-refractivity contribution >= 4 is 29.4 Å². The number of nitrogens with zero attached hydrogens (tertiary/aromatic N) is 2. The maximum Gasteiger partial charge on any atom is 0.334 e. The molecule has 1 aliphatic heterocycles. The molecule has 1 aliphatic rings. The van der Waals surface area contributed by atoms with Crippen LogP contribution in [0.25, 0.3) is 0 Å². The minimum absolute atomic E-state index is 0.283. The molecule has 94 valence electrons. The summed E-state index contributed by atoms with van der Waals surface area (Å²) in [7, 11) is 1.35. The summed E-state index contributed by atoms with van der Waals surface area (Å²) in [6.45, 7) is 1.52. The van der Waals surface area contributed by atoms with Crippen molar-refractivity contribution < 1.29 is 14.4 Å². The topological polar surface area (TPSA) is 57.7 Å². The van der Waals surface area contributed by atoms with Gasteiger partial charge in [0.15, 0.2) is 0 Å². The fraction of sp³-hybridized carbons (Fsp3) is 0.250. The monoisotopic (exact) mass is 266 g/mol. The molecule has 2 rings (SSSR count). The second-order valence-corrected chi connectivity index (χ2v) is 4.48. The third-order valence-electron chi connectivity index (χ3n) is 2.86. The van der Waals surface area contributed by atoms with Gasteiger partial charge in [-0.3, -0.25) is 14.5 Å². The molecule has 0 saturated carbocycles. The standard InChI is InChI=1S/C12H11ClN2O3/c1-7-10(16)14(2)12(18)15(7)11(17)8-4-3-5-9(13)6-8/h3-7H,1-2H3. The van der Waals surface area contributed by atoms with Crippen molar-refractivity contribution in [2.45, 2.75) is 13.0 Å². The number of imide groups is 2. The highest BCUT2D eigenvalue weighted by atomic mass is 35.5. The van der Waals surface area contributed by atoms with Crippen LogP contribution >= 0.6 is 11.6 Å². The third-order valence-corrected chi connectivity index (χ3v) is 3.09. The smallest absolute Gasteiger partial charge is 0.272 e. The number of benzene rings is 1. The second-order valence-electron chi connectivity index (χ2n) is 4.04. The number of likely N-dealkylation sites (N-methyl/N-ethyl adjacent to an activating group) is 1. The van der Waals surface area contributed by atoms with Gasteiger partial charge in [0, 0.05) is 17.6 Å². The van der Waals surface area contributed by atoms with Gasteiger partial charge in [-0.05, 0) is 25.1 Å². The first-order chi connectivity index (χ1) is 8.43. The van der Waals surface area contributed by atoms with Gasteiger partial charge in [-0.25, -0.2) is 9.69 Å². The first kappa shape index (κ1) is 12.6. The molecule has 1 atom stereocenters. The van der Waals surface area contributed by atoms with Gasteiger partial charge in [-0.15, -0.1) is 0 Å². The zero-order chi connectivity index (χ0) is 13.4. The van der Waals surface area contributed by atoms with Gasteiger partial charge in [0.25, 0.3) is 11.8 Å². The van der Waals surface area contributed by atoms with Crippen LogP contribution in [0.2, 0.25) is 5.02 Å². The minimum Gasteiger partial charge on any atom is -0.272 e. The molecule has 1 fully saturated rings. The molecule has 6 heteroatoms. The maximum atomic E-state index is 12.2. The summed E-state index contributed by atoms with van der Waals surface area (Å²) in [5.41, 5.74) is 0.283. The Kier molecular flexibility index (Phi) is 3.09. The number of amides is 4. The van der Waals surface area contributed by atoms with Gasteiger partial charge in [0.05, 0.1) is 0 Å². The number of hydrogen-bond donors (Lipinski definition) is 0. The van der Waals surface area contributed by atoms with Crippen LogP contribution in [0.5, 0.6) is 0 Å². The molecule has 1 heterocycles. The summed E-state index contributed by atoms with van der Waals surface area (Å²) in [5.74, 6) is -0.914. The van der Waals surface area contributed by atoms with Gasteiger partial charge in [0.1, 0.15) is 6.04 Å². The quantitative estimate of drug-likeness (QED) is 0.728. The highest BCUT2D eigenvalue weighted by Crippen LogP contribution is 2.20.